The van der Waals surface area contributed by atoms with Crippen LogP contribution in [0.4, 0.5) is 28.9 Å². The molecular formula is C18H14F4N2. The molecule has 24 heavy (non-hydrogen) atoms. The Morgan fingerprint density at radius 1 is 1.00 bits per heavy atom. The SMILES string of the molecule is Cc1ccc(C2=Nc3ccccc3NC(C(F)(F)C(F)F)=C2)cc1. The first-order chi connectivity index (χ1) is 11.4. The van der Waals surface area contributed by atoms with Crippen molar-refractivity contribution in [2.75, 3.05) is 5.32 Å². The topological polar surface area (TPSA) is 24.4 Å². The molecule has 0 aliphatic carbocycles. The quantitative estimate of drug-likeness (QED) is 0.754. The van der Waals surface area contributed by atoms with Crippen LogP contribution in [0.5, 0.6) is 0 Å². The van der Waals surface area contributed by atoms with Crippen LogP contribution in [0.1, 0.15) is 11.1 Å². The summed E-state index contributed by atoms with van der Waals surface area (Å²) >= 11 is 0. The maximum atomic E-state index is 13.9. The van der Waals surface area contributed by atoms with Crippen LogP contribution < -0.4 is 5.32 Å². The Morgan fingerprint density at radius 2 is 1.67 bits per heavy atom. The Kier molecular flexibility index (Phi) is 4.13. The summed E-state index contributed by atoms with van der Waals surface area (Å²) in [7, 11) is 0. The molecule has 0 saturated carbocycles. The van der Waals surface area contributed by atoms with Gasteiger partial charge in [0.2, 0.25) is 0 Å². The molecule has 0 fully saturated rings. The van der Waals surface area contributed by atoms with Crippen molar-refractivity contribution in [3.05, 3.63) is 71.4 Å². The second kappa shape index (κ2) is 6.11. The van der Waals surface area contributed by atoms with Gasteiger partial charge in [0.05, 0.1) is 22.8 Å². The van der Waals surface area contributed by atoms with Crippen molar-refractivity contribution in [2.45, 2.75) is 19.3 Å². The zero-order valence-corrected chi connectivity index (χ0v) is 12.7. The van der Waals surface area contributed by atoms with Gasteiger partial charge in [0.15, 0.2) is 0 Å². The number of aryl methyl sites for hydroxylation is 1. The van der Waals surface area contributed by atoms with Crippen LogP contribution in [0, 0.1) is 6.92 Å². The zero-order valence-electron chi connectivity index (χ0n) is 12.7. The molecule has 3 rings (SSSR count). The molecule has 1 aliphatic heterocycles. The average Bonchev–Trinajstić information content (AvgIpc) is 2.75. The summed E-state index contributed by atoms with van der Waals surface area (Å²) in [6.45, 7) is 1.89. The fourth-order valence-electron chi connectivity index (χ4n) is 2.33. The van der Waals surface area contributed by atoms with Crippen molar-refractivity contribution in [1.29, 1.82) is 0 Å². The number of halogens is 4. The molecule has 0 amide bonds. The standard InChI is InChI=1S/C18H14F4N2/c1-11-6-8-12(9-7-11)15-10-16(18(21,22)17(19)20)24-14-5-3-2-4-13(14)23-15/h2-10,17,24H,1H3. The van der Waals surface area contributed by atoms with Gasteiger partial charge in [-0.3, -0.25) is 0 Å². The van der Waals surface area contributed by atoms with E-state index in [9.17, 15) is 17.6 Å². The molecule has 124 valence electrons. The maximum Gasteiger partial charge on any atom is 0.346 e. The normalized spacial score (nSPS) is 14.4. The van der Waals surface area contributed by atoms with E-state index in [0.29, 0.717) is 11.3 Å². The highest BCUT2D eigenvalue weighted by atomic mass is 19.3. The Labute approximate surface area is 136 Å². The van der Waals surface area contributed by atoms with Gasteiger partial charge >= 0.3 is 12.3 Å². The first-order valence-corrected chi connectivity index (χ1v) is 7.28. The van der Waals surface area contributed by atoms with E-state index in [1.165, 1.54) is 6.07 Å². The Morgan fingerprint density at radius 3 is 2.33 bits per heavy atom. The molecule has 0 radical (unpaired) electrons. The van der Waals surface area contributed by atoms with Gasteiger partial charge < -0.3 is 5.32 Å². The summed E-state index contributed by atoms with van der Waals surface area (Å²) in [5.41, 5.74) is 1.55. The lowest BCUT2D eigenvalue weighted by atomic mass is 10.1. The first-order valence-electron chi connectivity index (χ1n) is 7.28. The van der Waals surface area contributed by atoms with Gasteiger partial charge in [-0.25, -0.2) is 13.8 Å². The molecule has 1 aliphatic rings. The van der Waals surface area contributed by atoms with Crippen LogP contribution in [0.3, 0.4) is 0 Å². The minimum Gasteiger partial charge on any atom is -0.352 e. The van der Waals surface area contributed by atoms with Crippen molar-refractivity contribution < 1.29 is 17.6 Å². The summed E-state index contributed by atoms with van der Waals surface area (Å²) < 4.78 is 53.5. The van der Waals surface area contributed by atoms with Gasteiger partial charge in [0.1, 0.15) is 0 Å². The summed E-state index contributed by atoms with van der Waals surface area (Å²) in [4.78, 5) is 4.36. The predicted octanol–water partition coefficient (Wildman–Crippen LogP) is 5.33. The average molecular weight is 334 g/mol. The van der Waals surface area contributed by atoms with Crippen LogP contribution in [0.2, 0.25) is 0 Å². The van der Waals surface area contributed by atoms with E-state index in [2.05, 4.69) is 10.3 Å². The second-order valence-corrected chi connectivity index (χ2v) is 5.49. The van der Waals surface area contributed by atoms with Crippen molar-refractivity contribution in [1.82, 2.24) is 0 Å². The highest BCUT2D eigenvalue weighted by Crippen LogP contribution is 2.37. The van der Waals surface area contributed by atoms with E-state index in [-0.39, 0.29) is 11.4 Å². The zero-order chi connectivity index (χ0) is 17.3. The molecule has 0 bridgehead atoms. The number of alkyl halides is 4. The number of hydrogen-bond donors (Lipinski definition) is 1. The molecule has 0 aromatic heterocycles. The second-order valence-electron chi connectivity index (χ2n) is 5.49. The maximum absolute atomic E-state index is 13.9. The molecule has 2 nitrogen and oxygen atoms in total. The molecule has 2 aromatic carbocycles. The Bertz CT molecular complexity index is 808. The number of benzene rings is 2. The van der Waals surface area contributed by atoms with E-state index >= 15 is 0 Å². The fourth-order valence-corrected chi connectivity index (χ4v) is 2.33. The molecule has 2 aromatic rings. The molecule has 6 heteroatoms. The Hall–Kier alpha value is -2.63. The number of aliphatic imine (C=N–C) groups is 1. The molecule has 1 N–H and O–H groups in total. The minimum atomic E-state index is -4.30. The lowest BCUT2D eigenvalue weighted by Gasteiger charge is -2.20. The van der Waals surface area contributed by atoms with Gasteiger partial charge in [0.25, 0.3) is 0 Å². The lowest BCUT2D eigenvalue weighted by molar-refractivity contribution is -0.0982. The summed E-state index contributed by atoms with van der Waals surface area (Å²) in [6.07, 6.45) is -2.84. The summed E-state index contributed by atoms with van der Waals surface area (Å²) in [6, 6.07) is 13.5. The van der Waals surface area contributed by atoms with Crippen molar-refractivity contribution in [2.24, 2.45) is 4.99 Å². The highest BCUT2D eigenvalue weighted by molar-refractivity contribution is 6.11. The number of hydrogen-bond acceptors (Lipinski definition) is 2. The summed E-state index contributed by atoms with van der Waals surface area (Å²) in [5, 5.41) is 2.41. The predicted molar refractivity (Wildman–Crippen MR) is 86.5 cm³/mol. The molecular weight excluding hydrogens is 320 g/mol. The van der Waals surface area contributed by atoms with Gasteiger partial charge in [-0.1, -0.05) is 42.0 Å². The van der Waals surface area contributed by atoms with Crippen LogP contribution in [0.15, 0.2) is 65.3 Å². The number of nitrogens with one attached hydrogen (secondary N) is 1. The molecule has 0 spiro atoms. The van der Waals surface area contributed by atoms with E-state index in [0.717, 1.165) is 11.6 Å². The van der Waals surface area contributed by atoms with Crippen LogP contribution in [-0.4, -0.2) is 18.1 Å². The minimum absolute atomic E-state index is 0.197. The third-order valence-electron chi connectivity index (χ3n) is 3.68. The Balaban J connectivity index is 2.16. The van der Waals surface area contributed by atoms with Crippen LogP contribution in [0.25, 0.3) is 0 Å². The van der Waals surface area contributed by atoms with Crippen LogP contribution >= 0.6 is 0 Å². The van der Waals surface area contributed by atoms with Crippen molar-refractivity contribution >= 4 is 17.1 Å². The lowest BCUT2D eigenvalue weighted by Crippen LogP contribution is -2.33. The number of fused-ring (bicyclic) bond motifs is 1. The monoisotopic (exact) mass is 334 g/mol. The van der Waals surface area contributed by atoms with E-state index in [1.807, 2.05) is 6.92 Å². The molecule has 0 unspecified atom stereocenters. The number of nitrogens with zero attached hydrogens (tertiary/aromatic N) is 1. The van der Waals surface area contributed by atoms with Crippen molar-refractivity contribution in [3.8, 4) is 0 Å². The highest BCUT2D eigenvalue weighted by Gasteiger charge is 2.45. The fraction of sp³-hybridized carbons (Fsp3) is 0.167. The third-order valence-corrected chi connectivity index (χ3v) is 3.68. The van der Waals surface area contributed by atoms with Gasteiger partial charge in [-0.15, -0.1) is 0 Å². The number of anilines is 1. The first kappa shape index (κ1) is 16.2. The smallest absolute Gasteiger partial charge is 0.346 e. The van der Waals surface area contributed by atoms with Crippen LogP contribution in [-0.2, 0) is 0 Å². The van der Waals surface area contributed by atoms with E-state index in [1.54, 1.807) is 42.5 Å². The van der Waals surface area contributed by atoms with Gasteiger partial charge in [0, 0.05) is 5.56 Å². The molecule has 1 heterocycles. The van der Waals surface area contributed by atoms with Crippen molar-refractivity contribution in [3.63, 3.8) is 0 Å². The largest absolute Gasteiger partial charge is 0.352 e. The molecule has 0 atom stereocenters. The van der Waals surface area contributed by atoms with E-state index < -0.39 is 18.0 Å². The number of rotatable bonds is 3. The van der Waals surface area contributed by atoms with Gasteiger partial charge in [-0.2, -0.15) is 8.78 Å². The summed E-state index contributed by atoms with van der Waals surface area (Å²) in [5.74, 6) is -4.30. The number of para-hydroxylation sites is 2. The third kappa shape index (κ3) is 3.04. The van der Waals surface area contributed by atoms with E-state index in [4.69, 9.17) is 0 Å². The number of allylic oxidation sites excluding steroid dienone is 2. The molecule has 0 saturated heterocycles. The van der Waals surface area contributed by atoms with Gasteiger partial charge in [-0.05, 0) is 25.1 Å².